The Morgan fingerprint density at radius 1 is 1.25 bits per heavy atom. The lowest BCUT2D eigenvalue weighted by Crippen LogP contribution is -2.27. The van der Waals surface area contributed by atoms with Crippen molar-refractivity contribution in [3.63, 3.8) is 0 Å². The Labute approximate surface area is 105 Å². The van der Waals surface area contributed by atoms with Gasteiger partial charge in [-0.05, 0) is 6.07 Å². The monoisotopic (exact) mass is 305 g/mol. The zero-order chi connectivity index (χ0) is 15.7. The number of aliphatic carboxylic acids is 1. The summed E-state index contributed by atoms with van der Waals surface area (Å²) in [7, 11) is 0. The van der Waals surface area contributed by atoms with Gasteiger partial charge in [0.1, 0.15) is 5.56 Å². The number of carboxylic acids is 1. The number of alkyl halides is 6. The van der Waals surface area contributed by atoms with Crippen LogP contribution in [0.3, 0.4) is 0 Å². The standard InChI is InChI=1S/C9H5F6NO4/c10-8(11,12)4-1-3(2-5(17)18)16-7(19)6(4)20-9(13,14)15/h1H,2H2,(H,16,19)(H,17,18). The largest absolute Gasteiger partial charge is 0.573 e. The van der Waals surface area contributed by atoms with Crippen molar-refractivity contribution < 1.29 is 41.0 Å². The minimum atomic E-state index is -5.50. The molecule has 0 aliphatic carbocycles. The van der Waals surface area contributed by atoms with Crippen LogP contribution in [-0.4, -0.2) is 22.4 Å². The van der Waals surface area contributed by atoms with Gasteiger partial charge in [0.15, 0.2) is 0 Å². The van der Waals surface area contributed by atoms with E-state index in [-0.39, 0.29) is 6.07 Å². The van der Waals surface area contributed by atoms with Crippen LogP contribution in [0.25, 0.3) is 0 Å². The van der Waals surface area contributed by atoms with E-state index < -0.39 is 47.5 Å². The van der Waals surface area contributed by atoms with E-state index in [0.29, 0.717) is 0 Å². The molecular formula is C9H5F6NO4. The molecule has 5 nitrogen and oxygen atoms in total. The summed E-state index contributed by atoms with van der Waals surface area (Å²) in [6.07, 6.45) is -11.8. The summed E-state index contributed by atoms with van der Waals surface area (Å²) in [6.45, 7) is 0. The average molecular weight is 305 g/mol. The van der Waals surface area contributed by atoms with Crippen LogP contribution in [0, 0.1) is 0 Å². The number of aromatic amines is 1. The second kappa shape index (κ2) is 5.06. The number of rotatable bonds is 3. The highest BCUT2D eigenvalue weighted by Crippen LogP contribution is 2.36. The lowest BCUT2D eigenvalue weighted by atomic mass is 10.1. The zero-order valence-electron chi connectivity index (χ0n) is 9.22. The molecular weight excluding hydrogens is 300 g/mol. The Morgan fingerprint density at radius 3 is 2.20 bits per heavy atom. The van der Waals surface area contributed by atoms with Crippen LogP contribution in [0.4, 0.5) is 26.3 Å². The molecule has 1 heterocycles. The Balaban J connectivity index is 3.43. The van der Waals surface area contributed by atoms with Gasteiger partial charge in [-0.1, -0.05) is 0 Å². The molecule has 0 atom stereocenters. The van der Waals surface area contributed by atoms with Crippen molar-refractivity contribution in [1.29, 1.82) is 0 Å². The van der Waals surface area contributed by atoms with E-state index in [4.69, 9.17) is 5.11 Å². The maximum atomic E-state index is 12.6. The number of carbonyl (C=O) groups is 1. The second-order valence-corrected chi connectivity index (χ2v) is 3.48. The third-order valence-electron chi connectivity index (χ3n) is 1.91. The van der Waals surface area contributed by atoms with Crippen LogP contribution < -0.4 is 10.3 Å². The molecule has 2 N–H and O–H groups in total. The Morgan fingerprint density at radius 2 is 1.80 bits per heavy atom. The van der Waals surface area contributed by atoms with Crippen LogP contribution >= 0.6 is 0 Å². The molecule has 0 radical (unpaired) electrons. The quantitative estimate of drug-likeness (QED) is 0.836. The first-order valence-corrected chi connectivity index (χ1v) is 4.71. The fraction of sp³-hybridized carbons (Fsp3) is 0.333. The van der Waals surface area contributed by atoms with Crippen molar-refractivity contribution >= 4 is 5.97 Å². The van der Waals surface area contributed by atoms with E-state index in [9.17, 15) is 35.9 Å². The molecule has 0 bridgehead atoms. The normalized spacial score (nSPS) is 12.3. The molecule has 20 heavy (non-hydrogen) atoms. The van der Waals surface area contributed by atoms with Gasteiger partial charge < -0.3 is 14.8 Å². The zero-order valence-corrected chi connectivity index (χ0v) is 9.22. The van der Waals surface area contributed by atoms with E-state index in [1.54, 1.807) is 4.98 Å². The fourth-order valence-electron chi connectivity index (χ4n) is 1.29. The number of carboxylic acid groups (broad SMARTS) is 1. The number of H-pyrrole nitrogens is 1. The third kappa shape index (κ3) is 4.17. The first-order chi connectivity index (χ1) is 8.90. The Bertz CT molecular complexity index is 573. The summed E-state index contributed by atoms with van der Waals surface area (Å²) in [6, 6.07) is 0.0800. The summed E-state index contributed by atoms with van der Waals surface area (Å²) in [4.78, 5) is 23.1. The molecule has 0 aliphatic rings. The Kier molecular flexibility index (Phi) is 4.01. The number of aromatic nitrogens is 1. The van der Waals surface area contributed by atoms with Gasteiger partial charge in [0, 0.05) is 5.69 Å². The van der Waals surface area contributed by atoms with Crippen LogP contribution in [0.1, 0.15) is 11.3 Å². The highest BCUT2D eigenvalue weighted by Gasteiger charge is 2.41. The highest BCUT2D eigenvalue weighted by atomic mass is 19.4. The van der Waals surface area contributed by atoms with Crippen molar-refractivity contribution in [2.24, 2.45) is 0 Å². The third-order valence-corrected chi connectivity index (χ3v) is 1.91. The summed E-state index contributed by atoms with van der Waals surface area (Å²) in [5.41, 5.74) is -4.53. The van der Waals surface area contributed by atoms with Crippen molar-refractivity contribution in [1.82, 2.24) is 4.98 Å². The van der Waals surface area contributed by atoms with Gasteiger partial charge in [0.25, 0.3) is 5.56 Å². The van der Waals surface area contributed by atoms with Crippen LogP contribution in [-0.2, 0) is 17.4 Å². The summed E-state index contributed by atoms with van der Waals surface area (Å²) < 4.78 is 76.7. The summed E-state index contributed by atoms with van der Waals surface area (Å²) in [5.74, 6) is -3.56. The molecule has 0 saturated carbocycles. The topological polar surface area (TPSA) is 79.4 Å². The number of pyridine rings is 1. The predicted molar refractivity (Wildman–Crippen MR) is 50.1 cm³/mol. The van der Waals surface area contributed by atoms with Crippen LogP contribution in [0.15, 0.2) is 10.9 Å². The molecule has 1 aromatic heterocycles. The smallest absolute Gasteiger partial charge is 0.481 e. The van der Waals surface area contributed by atoms with E-state index in [2.05, 4.69) is 4.74 Å². The van der Waals surface area contributed by atoms with Gasteiger partial charge in [-0.2, -0.15) is 13.2 Å². The first-order valence-electron chi connectivity index (χ1n) is 4.71. The van der Waals surface area contributed by atoms with Gasteiger partial charge in [0.2, 0.25) is 5.75 Å². The van der Waals surface area contributed by atoms with Crippen molar-refractivity contribution in [2.45, 2.75) is 19.0 Å². The fourth-order valence-corrected chi connectivity index (χ4v) is 1.29. The SMILES string of the molecule is O=C(O)Cc1cc(C(F)(F)F)c(OC(F)(F)F)c(=O)[nH]1. The molecule has 112 valence electrons. The first kappa shape index (κ1) is 15.9. The Hall–Kier alpha value is -2.20. The maximum absolute atomic E-state index is 12.6. The molecule has 0 unspecified atom stereocenters. The summed E-state index contributed by atoms with van der Waals surface area (Å²) >= 11 is 0. The average Bonchev–Trinajstić information content (AvgIpc) is 2.17. The van der Waals surface area contributed by atoms with Gasteiger partial charge in [-0.3, -0.25) is 9.59 Å². The minimum absolute atomic E-state index is 0.0800. The molecule has 1 rings (SSSR count). The summed E-state index contributed by atoms with van der Waals surface area (Å²) in [5, 5.41) is 8.39. The van der Waals surface area contributed by atoms with Crippen LogP contribution in [0.2, 0.25) is 0 Å². The maximum Gasteiger partial charge on any atom is 0.573 e. The molecule has 0 saturated heterocycles. The molecule has 0 aliphatic heterocycles. The second-order valence-electron chi connectivity index (χ2n) is 3.48. The molecule has 0 amide bonds. The predicted octanol–water partition coefficient (Wildman–Crippen LogP) is 1.92. The van der Waals surface area contributed by atoms with Crippen molar-refractivity contribution in [2.75, 3.05) is 0 Å². The lowest BCUT2D eigenvalue weighted by molar-refractivity contribution is -0.276. The van der Waals surface area contributed by atoms with Gasteiger partial charge in [0.05, 0.1) is 6.42 Å². The molecule has 0 fully saturated rings. The van der Waals surface area contributed by atoms with E-state index in [0.717, 1.165) is 0 Å². The van der Waals surface area contributed by atoms with Gasteiger partial charge >= 0.3 is 18.5 Å². The highest BCUT2D eigenvalue weighted by molar-refractivity contribution is 5.69. The number of hydrogen-bond acceptors (Lipinski definition) is 3. The molecule has 0 aromatic carbocycles. The number of hydrogen-bond donors (Lipinski definition) is 2. The van der Waals surface area contributed by atoms with Crippen molar-refractivity contribution in [3.05, 3.63) is 27.7 Å². The van der Waals surface area contributed by atoms with Crippen LogP contribution in [0.5, 0.6) is 5.75 Å². The minimum Gasteiger partial charge on any atom is -0.481 e. The molecule has 0 spiro atoms. The lowest BCUT2D eigenvalue weighted by Gasteiger charge is -2.15. The van der Waals surface area contributed by atoms with Crippen molar-refractivity contribution in [3.8, 4) is 5.75 Å². The van der Waals surface area contributed by atoms with E-state index in [1.807, 2.05) is 0 Å². The number of ether oxygens (including phenoxy) is 1. The number of halogens is 6. The van der Waals surface area contributed by atoms with E-state index >= 15 is 0 Å². The van der Waals surface area contributed by atoms with Gasteiger partial charge in [-0.15, -0.1) is 13.2 Å². The molecule has 1 aromatic rings. The van der Waals surface area contributed by atoms with Gasteiger partial charge in [-0.25, -0.2) is 0 Å². The molecule has 11 heteroatoms. The number of nitrogens with one attached hydrogen (secondary N) is 1. The van der Waals surface area contributed by atoms with E-state index in [1.165, 1.54) is 0 Å².